The molecule has 148 valence electrons. The van der Waals surface area contributed by atoms with E-state index in [2.05, 4.69) is 40.6 Å². The van der Waals surface area contributed by atoms with Gasteiger partial charge in [0.25, 0.3) is 6.71 Å². The van der Waals surface area contributed by atoms with Crippen molar-refractivity contribution >= 4 is 12.5 Å². The van der Waals surface area contributed by atoms with E-state index < -0.39 is 0 Å². The monoisotopic (exact) mass is 395 g/mol. The standard InChI is InChI=1S/C23H22BN5O/c25-14-24-15-2-3-16(24)11-17(10-15)27-23-7-6-19-20-5-4-18(29-9-1-8-26-29)12-22(20)30-13-21(19)28-23/h1,4-9,12,15-17H,2-3,10-11,13H2,(H,27,28). The first-order chi connectivity index (χ1) is 14.8. The van der Waals surface area contributed by atoms with Crippen LogP contribution in [0.5, 0.6) is 5.75 Å². The molecule has 2 saturated heterocycles. The predicted octanol–water partition coefficient (Wildman–Crippen LogP) is 4.49. The molecule has 3 aliphatic rings. The Morgan fingerprint density at radius 3 is 2.73 bits per heavy atom. The van der Waals surface area contributed by atoms with Crippen LogP contribution in [0.1, 0.15) is 31.4 Å². The highest BCUT2D eigenvalue weighted by Crippen LogP contribution is 2.49. The van der Waals surface area contributed by atoms with Crippen molar-refractivity contribution < 1.29 is 4.74 Å². The molecule has 30 heavy (non-hydrogen) atoms. The summed E-state index contributed by atoms with van der Waals surface area (Å²) in [6.07, 6.45) is 8.24. The van der Waals surface area contributed by atoms with Crippen LogP contribution in [0, 0.1) is 11.2 Å². The summed E-state index contributed by atoms with van der Waals surface area (Å²) in [5.41, 5.74) is 4.14. The van der Waals surface area contributed by atoms with E-state index in [0.29, 0.717) is 24.3 Å². The average molecular weight is 395 g/mol. The Bertz CT molecular complexity index is 1120. The highest BCUT2D eigenvalue weighted by molar-refractivity contribution is 6.70. The normalized spacial score (nSPS) is 23.8. The first-order valence-corrected chi connectivity index (χ1v) is 10.7. The number of nitrogens with zero attached hydrogens (tertiary/aromatic N) is 4. The van der Waals surface area contributed by atoms with Crippen LogP contribution < -0.4 is 10.1 Å². The van der Waals surface area contributed by atoms with Crippen LogP contribution in [0.2, 0.25) is 11.6 Å². The molecular weight excluding hydrogens is 373 g/mol. The van der Waals surface area contributed by atoms with Crippen molar-refractivity contribution in [1.29, 1.82) is 5.26 Å². The fourth-order valence-electron chi connectivity index (χ4n) is 5.57. The smallest absolute Gasteiger partial charge is 0.274 e. The minimum Gasteiger partial charge on any atom is -0.487 e. The Labute approximate surface area is 176 Å². The average Bonchev–Trinajstić information content (AvgIpc) is 3.39. The number of rotatable bonds is 3. The van der Waals surface area contributed by atoms with Crippen LogP contribution in [0.15, 0.2) is 48.8 Å². The van der Waals surface area contributed by atoms with E-state index in [4.69, 9.17) is 9.72 Å². The number of hydrogen-bond donors (Lipinski definition) is 1. The largest absolute Gasteiger partial charge is 0.487 e. The van der Waals surface area contributed by atoms with Gasteiger partial charge in [-0.2, -0.15) is 5.10 Å². The number of anilines is 1. The van der Waals surface area contributed by atoms with E-state index >= 15 is 0 Å². The number of hydrogen-bond acceptors (Lipinski definition) is 5. The molecule has 2 fully saturated rings. The van der Waals surface area contributed by atoms with Crippen molar-refractivity contribution in [1.82, 2.24) is 14.8 Å². The zero-order valence-electron chi connectivity index (χ0n) is 16.7. The van der Waals surface area contributed by atoms with Gasteiger partial charge in [-0.25, -0.2) is 14.9 Å². The van der Waals surface area contributed by atoms with Crippen molar-refractivity contribution in [3.63, 3.8) is 0 Å². The van der Waals surface area contributed by atoms with Gasteiger partial charge in [-0.05, 0) is 54.8 Å². The van der Waals surface area contributed by atoms with E-state index in [1.54, 1.807) is 6.20 Å². The van der Waals surface area contributed by atoms with Crippen molar-refractivity contribution in [3.05, 3.63) is 54.5 Å². The van der Waals surface area contributed by atoms with Gasteiger partial charge in [0, 0.05) is 41.6 Å². The van der Waals surface area contributed by atoms with Gasteiger partial charge >= 0.3 is 0 Å². The quantitative estimate of drug-likeness (QED) is 0.662. The molecule has 0 aliphatic carbocycles. The third-order valence-corrected chi connectivity index (χ3v) is 6.96. The number of nitrogens with one attached hydrogen (secondary N) is 1. The second-order valence-electron chi connectivity index (χ2n) is 8.68. The number of ether oxygens (including phenoxy) is 1. The second kappa shape index (κ2) is 6.91. The molecule has 5 heterocycles. The molecule has 6 rings (SSSR count). The number of aromatic nitrogens is 3. The summed E-state index contributed by atoms with van der Waals surface area (Å²) in [6.45, 7) is 0.725. The molecule has 3 aliphatic heterocycles. The highest BCUT2D eigenvalue weighted by Gasteiger charge is 2.46. The topological polar surface area (TPSA) is 75.8 Å². The molecule has 7 heteroatoms. The molecule has 1 aromatic carbocycles. The van der Waals surface area contributed by atoms with E-state index in [0.717, 1.165) is 46.9 Å². The number of fused-ring (bicyclic) bond motifs is 5. The number of nitriles is 1. The fourth-order valence-corrected chi connectivity index (χ4v) is 5.57. The van der Waals surface area contributed by atoms with E-state index in [-0.39, 0.29) is 6.71 Å². The van der Waals surface area contributed by atoms with Gasteiger partial charge in [-0.3, -0.25) is 0 Å². The van der Waals surface area contributed by atoms with Gasteiger partial charge in [0.2, 0.25) is 0 Å². The maximum absolute atomic E-state index is 9.43. The summed E-state index contributed by atoms with van der Waals surface area (Å²) >= 11 is 0. The lowest BCUT2D eigenvalue weighted by atomic mass is 9.35. The first-order valence-electron chi connectivity index (χ1n) is 10.7. The molecule has 0 spiro atoms. The molecule has 0 amide bonds. The summed E-state index contributed by atoms with van der Waals surface area (Å²) < 4.78 is 7.87. The van der Waals surface area contributed by atoms with Gasteiger partial charge in [0.05, 0.1) is 11.4 Å². The van der Waals surface area contributed by atoms with Gasteiger partial charge < -0.3 is 10.1 Å². The summed E-state index contributed by atoms with van der Waals surface area (Å²) in [7, 11) is 0. The Hall–Kier alpha value is -3.27. The Balaban J connectivity index is 1.23. The Morgan fingerprint density at radius 1 is 1.13 bits per heavy atom. The predicted molar refractivity (Wildman–Crippen MR) is 116 cm³/mol. The Morgan fingerprint density at radius 2 is 1.97 bits per heavy atom. The zero-order chi connectivity index (χ0) is 20.1. The summed E-state index contributed by atoms with van der Waals surface area (Å²) in [4.78, 5) is 4.87. The summed E-state index contributed by atoms with van der Waals surface area (Å²) in [5, 5.41) is 17.4. The van der Waals surface area contributed by atoms with Gasteiger partial charge in [-0.1, -0.05) is 12.8 Å². The maximum Gasteiger partial charge on any atom is 0.274 e. The van der Waals surface area contributed by atoms with Crippen LogP contribution in [-0.4, -0.2) is 27.5 Å². The second-order valence-corrected chi connectivity index (χ2v) is 8.68. The lowest BCUT2D eigenvalue weighted by Crippen LogP contribution is -2.34. The lowest BCUT2D eigenvalue weighted by molar-refractivity contribution is 0.297. The van der Waals surface area contributed by atoms with Gasteiger partial charge in [0.15, 0.2) is 0 Å². The number of benzene rings is 1. The van der Waals surface area contributed by atoms with Gasteiger partial charge in [0.1, 0.15) is 18.2 Å². The van der Waals surface area contributed by atoms with E-state index in [1.807, 2.05) is 23.0 Å². The highest BCUT2D eigenvalue weighted by atomic mass is 16.5. The summed E-state index contributed by atoms with van der Waals surface area (Å²) in [6, 6.07) is 12.7. The molecule has 2 unspecified atom stereocenters. The number of pyridine rings is 1. The minimum atomic E-state index is 0.260. The molecule has 2 atom stereocenters. The Kier molecular flexibility index (Phi) is 4.05. The van der Waals surface area contributed by atoms with Crippen molar-refractivity contribution in [3.8, 4) is 28.5 Å². The van der Waals surface area contributed by atoms with Crippen LogP contribution in [0.25, 0.3) is 16.8 Å². The van der Waals surface area contributed by atoms with Crippen LogP contribution in [0.3, 0.4) is 0 Å². The fraction of sp³-hybridized carbons (Fsp3) is 0.348. The van der Waals surface area contributed by atoms with E-state index in [9.17, 15) is 5.26 Å². The molecule has 2 bridgehead atoms. The zero-order valence-corrected chi connectivity index (χ0v) is 16.7. The molecule has 0 saturated carbocycles. The maximum atomic E-state index is 9.43. The van der Waals surface area contributed by atoms with Crippen LogP contribution >= 0.6 is 0 Å². The SMILES string of the molecule is N#CB1C2CCC1CC(Nc1ccc3c(n1)COc1cc(-n4cccn4)ccc1-3)C2. The summed E-state index contributed by atoms with van der Waals surface area (Å²) in [5.74, 6) is 5.41. The molecule has 3 aromatic rings. The molecule has 0 radical (unpaired) electrons. The van der Waals surface area contributed by atoms with Gasteiger partial charge in [-0.15, -0.1) is 0 Å². The lowest BCUT2D eigenvalue weighted by Gasteiger charge is -2.31. The molecular formula is C23H22BN5O. The van der Waals surface area contributed by atoms with E-state index in [1.165, 1.54) is 12.8 Å². The van der Waals surface area contributed by atoms with Crippen molar-refractivity contribution in [2.75, 3.05) is 5.32 Å². The third kappa shape index (κ3) is 2.87. The van der Waals surface area contributed by atoms with Crippen molar-refractivity contribution in [2.24, 2.45) is 0 Å². The first kappa shape index (κ1) is 17.6. The van der Waals surface area contributed by atoms with Crippen LogP contribution in [-0.2, 0) is 6.61 Å². The minimum absolute atomic E-state index is 0.260. The molecule has 6 nitrogen and oxygen atoms in total. The third-order valence-electron chi connectivity index (χ3n) is 6.96. The molecule has 2 aromatic heterocycles. The van der Waals surface area contributed by atoms with Crippen molar-refractivity contribution in [2.45, 2.75) is 50.0 Å². The van der Waals surface area contributed by atoms with Crippen LogP contribution in [0.4, 0.5) is 5.82 Å². The molecule has 1 N–H and O–H groups in total.